The van der Waals surface area contributed by atoms with Crippen molar-refractivity contribution < 1.29 is 13.2 Å². The van der Waals surface area contributed by atoms with E-state index in [4.69, 9.17) is 22.7 Å². The van der Waals surface area contributed by atoms with E-state index in [1.54, 1.807) is 0 Å². The van der Waals surface area contributed by atoms with Gasteiger partial charge in [0.15, 0.2) is 0 Å². The summed E-state index contributed by atoms with van der Waals surface area (Å²) < 4.78 is 31.1. The molecule has 0 aromatic carbocycles. The van der Waals surface area contributed by atoms with E-state index in [1.807, 2.05) is 13.8 Å². The minimum absolute atomic E-state index is 0.00629. The molecular formula is C9H18N2O3S2. The summed E-state index contributed by atoms with van der Waals surface area (Å²) in [6.07, 6.45) is -0.200. The van der Waals surface area contributed by atoms with Crippen LogP contribution in [0.4, 0.5) is 0 Å². The second kappa shape index (κ2) is 4.95. The van der Waals surface area contributed by atoms with Crippen LogP contribution >= 0.6 is 12.2 Å². The summed E-state index contributed by atoms with van der Waals surface area (Å²) >= 11 is 4.74. The minimum atomic E-state index is -3.44. The highest BCUT2D eigenvalue weighted by Gasteiger charge is 2.35. The lowest BCUT2D eigenvalue weighted by Crippen LogP contribution is -2.52. The standard InChI is InChI=1S/C9H18N2O3S2/c1-6-4-11(5-7(2)14-6)16(12,13)8(3)9(10)15/h6-8H,4-5H2,1-3H3,(H2,10,15)/t6-,7+,8?. The molecule has 16 heavy (non-hydrogen) atoms. The van der Waals surface area contributed by atoms with E-state index in [1.165, 1.54) is 11.2 Å². The molecule has 1 heterocycles. The third-order valence-electron chi connectivity index (χ3n) is 2.59. The molecule has 1 aliphatic rings. The van der Waals surface area contributed by atoms with Gasteiger partial charge in [0.1, 0.15) is 5.25 Å². The van der Waals surface area contributed by atoms with Crippen molar-refractivity contribution >= 4 is 27.2 Å². The molecule has 1 unspecified atom stereocenters. The summed E-state index contributed by atoms with van der Waals surface area (Å²) in [5.74, 6) is 0. The van der Waals surface area contributed by atoms with E-state index in [9.17, 15) is 8.42 Å². The zero-order chi connectivity index (χ0) is 12.5. The average Bonchev–Trinajstić information content (AvgIpc) is 2.14. The number of ether oxygens (including phenoxy) is 1. The summed E-state index contributed by atoms with van der Waals surface area (Å²) in [5.41, 5.74) is 5.39. The van der Waals surface area contributed by atoms with Crippen LogP contribution in [0.1, 0.15) is 20.8 Å². The Morgan fingerprint density at radius 1 is 1.44 bits per heavy atom. The molecule has 7 heteroatoms. The van der Waals surface area contributed by atoms with Crippen molar-refractivity contribution in [2.75, 3.05) is 13.1 Å². The van der Waals surface area contributed by atoms with Gasteiger partial charge in [0.05, 0.1) is 17.2 Å². The fourth-order valence-electron chi connectivity index (χ4n) is 1.71. The van der Waals surface area contributed by atoms with Crippen LogP contribution < -0.4 is 5.73 Å². The first-order valence-corrected chi connectivity index (χ1v) is 7.10. The van der Waals surface area contributed by atoms with Gasteiger partial charge in [-0.05, 0) is 20.8 Å². The molecule has 3 atom stereocenters. The molecule has 0 spiro atoms. The lowest BCUT2D eigenvalue weighted by molar-refractivity contribution is -0.0441. The summed E-state index contributed by atoms with van der Waals surface area (Å²) in [5, 5.41) is -0.819. The molecule has 94 valence electrons. The van der Waals surface area contributed by atoms with Crippen LogP contribution in [0.2, 0.25) is 0 Å². The second-order valence-electron chi connectivity index (χ2n) is 4.16. The highest BCUT2D eigenvalue weighted by molar-refractivity contribution is 7.92. The zero-order valence-electron chi connectivity index (χ0n) is 9.71. The van der Waals surface area contributed by atoms with Crippen molar-refractivity contribution in [2.24, 2.45) is 5.73 Å². The Bertz CT molecular complexity index is 359. The maximum atomic E-state index is 12.1. The van der Waals surface area contributed by atoms with Crippen molar-refractivity contribution in [1.82, 2.24) is 4.31 Å². The summed E-state index contributed by atoms with van der Waals surface area (Å²) in [7, 11) is -3.44. The van der Waals surface area contributed by atoms with Gasteiger partial charge in [-0.1, -0.05) is 12.2 Å². The van der Waals surface area contributed by atoms with Crippen molar-refractivity contribution in [3.8, 4) is 0 Å². The van der Waals surface area contributed by atoms with Gasteiger partial charge in [0.25, 0.3) is 0 Å². The zero-order valence-corrected chi connectivity index (χ0v) is 11.3. The Hall–Kier alpha value is -0.240. The molecule has 1 aliphatic heterocycles. The van der Waals surface area contributed by atoms with Gasteiger partial charge in [0.2, 0.25) is 10.0 Å². The largest absolute Gasteiger partial charge is 0.392 e. The van der Waals surface area contributed by atoms with E-state index in [-0.39, 0.29) is 17.2 Å². The Labute approximate surface area is 102 Å². The molecule has 0 aromatic heterocycles. The third kappa shape index (κ3) is 2.91. The summed E-state index contributed by atoms with van der Waals surface area (Å²) in [6.45, 7) is 5.94. The van der Waals surface area contributed by atoms with E-state index in [2.05, 4.69) is 0 Å². The third-order valence-corrected chi connectivity index (χ3v) is 5.26. The van der Waals surface area contributed by atoms with Crippen LogP contribution in [0, 0.1) is 0 Å². The van der Waals surface area contributed by atoms with E-state index in [0.717, 1.165) is 0 Å². The van der Waals surface area contributed by atoms with Gasteiger partial charge in [-0.25, -0.2) is 8.42 Å². The van der Waals surface area contributed by atoms with Crippen LogP contribution in [0.25, 0.3) is 0 Å². The summed E-state index contributed by atoms with van der Waals surface area (Å²) in [4.78, 5) is 0.00629. The number of morpholine rings is 1. The van der Waals surface area contributed by atoms with Crippen molar-refractivity contribution in [3.63, 3.8) is 0 Å². The van der Waals surface area contributed by atoms with Crippen LogP contribution in [0.3, 0.4) is 0 Å². The van der Waals surface area contributed by atoms with Crippen molar-refractivity contribution in [2.45, 2.75) is 38.2 Å². The van der Waals surface area contributed by atoms with Gasteiger partial charge >= 0.3 is 0 Å². The Balaban J connectivity index is 2.87. The topological polar surface area (TPSA) is 72.6 Å². The fourth-order valence-corrected chi connectivity index (χ4v) is 3.65. The van der Waals surface area contributed by atoms with Crippen LogP contribution in [-0.4, -0.2) is 48.3 Å². The first-order chi connectivity index (χ1) is 7.25. The molecule has 0 bridgehead atoms. The number of sulfonamides is 1. The smallest absolute Gasteiger partial charge is 0.223 e. The Morgan fingerprint density at radius 3 is 2.25 bits per heavy atom. The molecule has 0 amide bonds. The molecule has 1 fully saturated rings. The van der Waals surface area contributed by atoms with Gasteiger partial charge < -0.3 is 10.5 Å². The first-order valence-electron chi connectivity index (χ1n) is 5.19. The van der Waals surface area contributed by atoms with E-state index in [0.29, 0.717) is 13.1 Å². The monoisotopic (exact) mass is 266 g/mol. The number of nitrogens with zero attached hydrogens (tertiary/aromatic N) is 1. The van der Waals surface area contributed by atoms with Crippen LogP contribution in [0.15, 0.2) is 0 Å². The van der Waals surface area contributed by atoms with E-state index < -0.39 is 15.3 Å². The lowest BCUT2D eigenvalue weighted by Gasteiger charge is -2.35. The molecule has 5 nitrogen and oxygen atoms in total. The molecule has 0 saturated carbocycles. The molecule has 0 radical (unpaired) electrons. The maximum absolute atomic E-state index is 12.1. The Morgan fingerprint density at radius 2 is 1.88 bits per heavy atom. The van der Waals surface area contributed by atoms with Crippen molar-refractivity contribution in [3.05, 3.63) is 0 Å². The Kier molecular flexibility index (Phi) is 4.28. The number of hydrogen-bond acceptors (Lipinski definition) is 4. The number of nitrogens with two attached hydrogens (primary N) is 1. The average molecular weight is 266 g/mol. The highest BCUT2D eigenvalue weighted by Crippen LogP contribution is 2.17. The molecule has 1 saturated heterocycles. The van der Waals surface area contributed by atoms with E-state index >= 15 is 0 Å². The van der Waals surface area contributed by atoms with Crippen LogP contribution in [0.5, 0.6) is 0 Å². The fraction of sp³-hybridized carbons (Fsp3) is 0.889. The summed E-state index contributed by atoms with van der Waals surface area (Å²) in [6, 6.07) is 0. The molecule has 1 rings (SSSR count). The van der Waals surface area contributed by atoms with Gasteiger partial charge in [0, 0.05) is 13.1 Å². The molecule has 2 N–H and O–H groups in total. The predicted molar refractivity (Wildman–Crippen MR) is 66.7 cm³/mol. The number of hydrogen-bond donors (Lipinski definition) is 1. The van der Waals surface area contributed by atoms with Crippen LogP contribution in [-0.2, 0) is 14.8 Å². The number of thiocarbonyl (C=S) groups is 1. The minimum Gasteiger partial charge on any atom is -0.392 e. The highest BCUT2D eigenvalue weighted by atomic mass is 32.2. The molecule has 0 aliphatic carbocycles. The SMILES string of the molecule is CC(C(N)=S)S(=O)(=O)N1C[C@@H](C)O[C@@H](C)C1. The predicted octanol–water partition coefficient (Wildman–Crippen LogP) is 0.100. The van der Waals surface area contributed by atoms with Crippen molar-refractivity contribution in [1.29, 1.82) is 0 Å². The quantitative estimate of drug-likeness (QED) is 0.734. The molecule has 0 aromatic rings. The first kappa shape index (κ1) is 13.8. The molecular weight excluding hydrogens is 248 g/mol. The lowest BCUT2D eigenvalue weighted by atomic mass is 10.3. The van der Waals surface area contributed by atoms with Gasteiger partial charge in [-0.3, -0.25) is 0 Å². The normalized spacial score (nSPS) is 29.9. The second-order valence-corrected chi connectivity index (χ2v) is 6.89. The van der Waals surface area contributed by atoms with Gasteiger partial charge in [-0.15, -0.1) is 0 Å². The van der Waals surface area contributed by atoms with Gasteiger partial charge in [-0.2, -0.15) is 4.31 Å². The number of rotatable bonds is 3. The maximum Gasteiger partial charge on any atom is 0.223 e.